The van der Waals surface area contributed by atoms with Crippen LogP contribution in [-0.4, -0.2) is 23.1 Å². The Bertz CT molecular complexity index is 270. The Morgan fingerprint density at radius 2 is 1.93 bits per heavy atom. The van der Waals surface area contributed by atoms with Gasteiger partial charge in [0.2, 0.25) is 0 Å². The second kappa shape index (κ2) is 3.64. The van der Waals surface area contributed by atoms with Gasteiger partial charge in [-0.1, -0.05) is 5.57 Å². The first-order chi connectivity index (χ1) is 6.34. The number of amides is 1. The Morgan fingerprint density at radius 1 is 1.36 bits per heavy atom. The molecule has 0 aromatic heterocycles. The molecule has 0 unspecified atom stereocenters. The fourth-order valence-corrected chi connectivity index (χ4v) is 1.67. The van der Waals surface area contributed by atoms with Crippen molar-refractivity contribution in [2.75, 3.05) is 6.61 Å². The average Bonchev–Trinajstić information content (AvgIpc) is 2.01. The van der Waals surface area contributed by atoms with E-state index in [4.69, 9.17) is 4.74 Å². The van der Waals surface area contributed by atoms with E-state index in [1.807, 2.05) is 34.6 Å². The minimum absolute atomic E-state index is 0.204. The molecule has 1 aliphatic rings. The van der Waals surface area contributed by atoms with E-state index in [0.717, 1.165) is 12.1 Å². The highest BCUT2D eigenvalue weighted by Crippen LogP contribution is 2.28. The van der Waals surface area contributed by atoms with Gasteiger partial charge in [0.05, 0.1) is 6.61 Å². The van der Waals surface area contributed by atoms with Crippen molar-refractivity contribution in [2.45, 2.75) is 46.6 Å². The minimum atomic E-state index is -0.222. The summed E-state index contributed by atoms with van der Waals surface area (Å²) in [4.78, 5) is 13.4. The molecule has 0 aromatic carbocycles. The van der Waals surface area contributed by atoms with Gasteiger partial charge in [0, 0.05) is 17.7 Å². The SMILES string of the molecule is CC(C)=C1CCOC(=O)N1C(C)(C)C. The summed E-state index contributed by atoms with van der Waals surface area (Å²) >= 11 is 0. The van der Waals surface area contributed by atoms with Crippen LogP contribution in [0, 0.1) is 0 Å². The molecule has 0 atom stereocenters. The van der Waals surface area contributed by atoms with Crippen LogP contribution in [0.1, 0.15) is 41.0 Å². The molecule has 0 aliphatic carbocycles. The van der Waals surface area contributed by atoms with Crippen molar-refractivity contribution >= 4 is 6.09 Å². The highest BCUT2D eigenvalue weighted by Gasteiger charge is 2.34. The highest BCUT2D eigenvalue weighted by molar-refractivity contribution is 5.72. The molecule has 80 valence electrons. The summed E-state index contributed by atoms with van der Waals surface area (Å²) in [5, 5.41) is 0. The first-order valence-electron chi connectivity index (χ1n) is 4.97. The molecule has 0 saturated carbocycles. The molecule has 0 radical (unpaired) electrons. The Morgan fingerprint density at radius 3 is 2.29 bits per heavy atom. The van der Waals surface area contributed by atoms with E-state index in [1.165, 1.54) is 5.57 Å². The summed E-state index contributed by atoms with van der Waals surface area (Å²) in [6, 6.07) is 0. The third-order valence-corrected chi connectivity index (χ3v) is 2.26. The Balaban J connectivity index is 3.06. The van der Waals surface area contributed by atoms with E-state index in [0.29, 0.717) is 6.61 Å². The molecule has 1 amide bonds. The van der Waals surface area contributed by atoms with Gasteiger partial charge in [-0.2, -0.15) is 0 Å². The summed E-state index contributed by atoms with van der Waals surface area (Å²) in [7, 11) is 0. The number of cyclic esters (lactones) is 1. The van der Waals surface area contributed by atoms with Gasteiger partial charge in [-0.05, 0) is 34.6 Å². The van der Waals surface area contributed by atoms with E-state index in [1.54, 1.807) is 4.90 Å². The summed E-state index contributed by atoms with van der Waals surface area (Å²) in [5.74, 6) is 0. The lowest BCUT2D eigenvalue weighted by Crippen LogP contribution is -2.48. The second-order valence-corrected chi connectivity index (χ2v) is 4.82. The van der Waals surface area contributed by atoms with Crippen LogP contribution in [0.4, 0.5) is 4.79 Å². The number of hydrogen-bond donors (Lipinski definition) is 0. The van der Waals surface area contributed by atoms with Crippen LogP contribution in [0.5, 0.6) is 0 Å². The molecule has 3 heteroatoms. The van der Waals surface area contributed by atoms with Crippen molar-refractivity contribution in [3.8, 4) is 0 Å². The van der Waals surface area contributed by atoms with E-state index in [-0.39, 0.29) is 11.6 Å². The zero-order valence-electron chi connectivity index (χ0n) is 9.68. The summed E-state index contributed by atoms with van der Waals surface area (Å²) in [5.41, 5.74) is 2.09. The van der Waals surface area contributed by atoms with Crippen LogP contribution in [-0.2, 0) is 4.74 Å². The maximum Gasteiger partial charge on any atom is 0.414 e. The van der Waals surface area contributed by atoms with Crippen molar-refractivity contribution in [3.05, 3.63) is 11.3 Å². The molecule has 1 fully saturated rings. The third-order valence-electron chi connectivity index (χ3n) is 2.26. The predicted octanol–water partition coefficient (Wildman–Crippen LogP) is 2.92. The number of ether oxygens (including phenoxy) is 1. The van der Waals surface area contributed by atoms with E-state index >= 15 is 0 Å². The molecular weight excluding hydrogens is 178 g/mol. The monoisotopic (exact) mass is 197 g/mol. The first kappa shape index (κ1) is 11.1. The molecule has 0 N–H and O–H groups in total. The molecular formula is C11H19NO2. The lowest BCUT2D eigenvalue weighted by Gasteiger charge is -2.40. The fraction of sp³-hybridized carbons (Fsp3) is 0.727. The van der Waals surface area contributed by atoms with Crippen LogP contribution in [0.15, 0.2) is 11.3 Å². The van der Waals surface area contributed by atoms with Crippen LogP contribution >= 0.6 is 0 Å². The maximum absolute atomic E-state index is 11.6. The van der Waals surface area contributed by atoms with Gasteiger partial charge in [-0.15, -0.1) is 0 Å². The van der Waals surface area contributed by atoms with Crippen LogP contribution in [0.25, 0.3) is 0 Å². The molecule has 0 aromatic rings. The van der Waals surface area contributed by atoms with Gasteiger partial charge < -0.3 is 4.74 Å². The summed E-state index contributed by atoms with van der Waals surface area (Å²) in [6.45, 7) is 10.6. The first-order valence-corrected chi connectivity index (χ1v) is 4.97. The van der Waals surface area contributed by atoms with Gasteiger partial charge in [0.15, 0.2) is 0 Å². The largest absolute Gasteiger partial charge is 0.449 e. The molecule has 14 heavy (non-hydrogen) atoms. The third kappa shape index (κ3) is 2.08. The molecule has 1 rings (SSSR count). The smallest absolute Gasteiger partial charge is 0.414 e. The minimum Gasteiger partial charge on any atom is -0.449 e. The van der Waals surface area contributed by atoms with Gasteiger partial charge >= 0.3 is 6.09 Å². The number of nitrogens with zero attached hydrogens (tertiary/aromatic N) is 1. The van der Waals surface area contributed by atoms with Crippen LogP contribution in [0.2, 0.25) is 0 Å². The van der Waals surface area contributed by atoms with Gasteiger partial charge in [0.25, 0.3) is 0 Å². The van der Waals surface area contributed by atoms with Crippen molar-refractivity contribution in [2.24, 2.45) is 0 Å². The number of hydrogen-bond acceptors (Lipinski definition) is 2. The van der Waals surface area contributed by atoms with Gasteiger partial charge in [-0.3, -0.25) is 4.90 Å². The number of allylic oxidation sites excluding steroid dienone is 1. The van der Waals surface area contributed by atoms with E-state index in [9.17, 15) is 4.79 Å². The molecule has 1 saturated heterocycles. The molecule has 1 heterocycles. The zero-order chi connectivity index (χ0) is 10.9. The Kier molecular flexibility index (Phi) is 2.88. The number of rotatable bonds is 0. The topological polar surface area (TPSA) is 29.5 Å². The second-order valence-electron chi connectivity index (χ2n) is 4.82. The number of carbonyl (C=O) groups excluding carboxylic acids is 1. The molecule has 0 spiro atoms. The molecule has 3 nitrogen and oxygen atoms in total. The lowest BCUT2D eigenvalue weighted by molar-refractivity contribution is 0.0597. The Labute approximate surface area is 85.7 Å². The summed E-state index contributed by atoms with van der Waals surface area (Å²) in [6.07, 6.45) is 0.602. The summed E-state index contributed by atoms with van der Waals surface area (Å²) < 4.78 is 5.05. The van der Waals surface area contributed by atoms with Crippen LogP contribution < -0.4 is 0 Å². The fourth-order valence-electron chi connectivity index (χ4n) is 1.67. The maximum atomic E-state index is 11.6. The van der Waals surface area contributed by atoms with E-state index < -0.39 is 0 Å². The number of carbonyl (C=O) groups is 1. The standard InChI is InChI=1S/C11H19NO2/c1-8(2)9-6-7-14-10(13)12(9)11(3,4)5/h6-7H2,1-5H3. The van der Waals surface area contributed by atoms with Crippen molar-refractivity contribution in [1.29, 1.82) is 0 Å². The predicted molar refractivity (Wildman–Crippen MR) is 55.9 cm³/mol. The normalized spacial score (nSPS) is 18.2. The molecule has 1 aliphatic heterocycles. The molecule has 0 bridgehead atoms. The van der Waals surface area contributed by atoms with Gasteiger partial charge in [-0.25, -0.2) is 4.79 Å². The lowest BCUT2D eigenvalue weighted by atomic mass is 10.0. The van der Waals surface area contributed by atoms with Gasteiger partial charge in [0.1, 0.15) is 0 Å². The van der Waals surface area contributed by atoms with Crippen LogP contribution in [0.3, 0.4) is 0 Å². The zero-order valence-corrected chi connectivity index (χ0v) is 9.68. The van der Waals surface area contributed by atoms with Crippen molar-refractivity contribution < 1.29 is 9.53 Å². The van der Waals surface area contributed by atoms with Crippen molar-refractivity contribution in [3.63, 3.8) is 0 Å². The quantitative estimate of drug-likeness (QED) is 0.597. The average molecular weight is 197 g/mol. The van der Waals surface area contributed by atoms with Crippen molar-refractivity contribution in [1.82, 2.24) is 4.90 Å². The Hall–Kier alpha value is -0.990. The highest BCUT2D eigenvalue weighted by atomic mass is 16.6. The van der Waals surface area contributed by atoms with E-state index in [2.05, 4.69) is 0 Å².